The maximum absolute atomic E-state index is 12.1. The van der Waals surface area contributed by atoms with Crippen molar-refractivity contribution < 1.29 is 4.79 Å². The Balaban J connectivity index is 1.74. The molecule has 0 bridgehead atoms. The number of Topliss-reactive ketones (excluding diaryl/α,β-unsaturated/α-hetero) is 1. The van der Waals surface area contributed by atoms with E-state index in [2.05, 4.69) is 9.97 Å². The standard InChI is InChI=1S/C12H13N5OS/c13-1-2-16-7-10(14-8-16)11(18)5-9-6-17-3-4-19-12(17)15-9/h3-4,6-8H,1-2,5,13H2. The quantitative estimate of drug-likeness (QED) is 0.704. The Kier molecular flexibility index (Phi) is 3.14. The zero-order valence-electron chi connectivity index (χ0n) is 10.2. The van der Waals surface area contributed by atoms with Crippen molar-refractivity contribution >= 4 is 22.1 Å². The van der Waals surface area contributed by atoms with Gasteiger partial charge in [0.15, 0.2) is 10.7 Å². The van der Waals surface area contributed by atoms with Crippen molar-refractivity contribution in [2.75, 3.05) is 6.54 Å². The van der Waals surface area contributed by atoms with Crippen LogP contribution in [0, 0.1) is 0 Å². The van der Waals surface area contributed by atoms with Crippen LogP contribution >= 0.6 is 11.3 Å². The molecule has 0 aliphatic heterocycles. The molecule has 19 heavy (non-hydrogen) atoms. The molecule has 0 spiro atoms. The summed E-state index contributed by atoms with van der Waals surface area (Å²) >= 11 is 1.55. The van der Waals surface area contributed by atoms with Crippen molar-refractivity contribution in [1.82, 2.24) is 18.9 Å². The van der Waals surface area contributed by atoms with E-state index in [4.69, 9.17) is 5.73 Å². The lowest BCUT2D eigenvalue weighted by molar-refractivity contribution is 0.0987. The van der Waals surface area contributed by atoms with Gasteiger partial charge < -0.3 is 10.3 Å². The number of carbonyl (C=O) groups excluding carboxylic acids is 1. The Morgan fingerprint density at radius 2 is 2.32 bits per heavy atom. The van der Waals surface area contributed by atoms with E-state index < -0.39 is 0 Å². The second-order valence-electron chi connectivity index (χ2n) is 4.21. The molecule has 0 atom stereocenters. The number of aromatic nitrogens is 4. The highest BCUT2D eigenvalue weighted by Crippen LogP contribution is 2.13. The Morgan fingerprint density at radius 1 is 1.42 bits per heavy atom. The molecule has 0 fully saturated rings. The number of hydrogen-bond acceptors (Lipinski definition) is 5. The van der Waals surface area contributed by atoms with Gasteiger partial charge in [0.2, 0.25) is 0 Å². The Labute approximate surface area is 113 Å². The van der Waals surface area contributed by atoms with Crippen LogP contribution < -0.4 is 5.73 Å². The lowest BCUT2D eigenvalue weighted by atomic mass is 10.2. The molecule has 3 aromatic rings. The first-order valence-electron chi connectivity index (χ1n) is 5.92. The van der Waals surface area contributed by atoms with Crippen LogP contribution in [0.3, 0.4) is 0 Å². The predicted molar refractivity (Wildman–Crippen MR) is 72.4 cm³/mol. The average Bonchev–Trinajstić information content (AvgIpc) is 3.03. The monoisotopic (exact) mass is 275 g/mol. The number of ketones is 1. The zero-order valence-corrected chi connectivity index (χ0v) is 11.0. The van der Waals surface area contributed by atoms with Gasteiger partial charge in [0.25, 0.3) is 0 Å². The van der Waals surface area contributed by atoms with Crippen LogP contribution in [-0.2, 0) is 13.0 Å². The molecule has 98 valence electrons. The molecule has 3 rings (SSSR count). The molecule has 6 nitrogen and oxygen atoms in total. The van der Waals surface area contributed by atoms with Crippen LogP contribution in [0.25, 0.3) is 4.96 Å². The SMILES string of the molecule is NCCn1cnc(C(=O)Cc2cn3ccsc3n2)c1. The number of hydrogen-bond donors (Lipinski definition) is 1. The molecule has 0 aromatic carbocycles. The number of rotatable bonds is 5. The average molecular weight is 275 g/mol. The van der Waals surface area contributed by atoms with Gasteiger partial charge in [-0.15, -0.1) is 11.3 Å². The highest BCUT2D eigenvalue weighted by molar-refractivity contribution is 7.15. The number of nitrogens with two attached hydrogens (primary N) is 1. The maximum Gasteiger partial charge on any atom is 0.193 e. The summed E-state index contributed by atoms with van der Waals surface area (Å²) in [5.74, 6) is -0.0264. The summed E-state index contributed by atoms with van der Waals surface area (Å²) in [5, 5.41) is 1.96. The van der Waals surface area contributed by atoms with Gasteiger partial charge in [-0.2, -0.15) is 0 Å². The number of thiazole rings is 1. The van der Waals surface area contributed by atoms with Crippen molar-refractivity contribution in [2.45, 2.75) is 13.0 Å². The molecule has 0 saturated heterocycles. The third-order valence-electron chi connectivity index (χ3n) is 2.79. The Hall–Kier alpha value is -1.99. The molecule has 2 N–H and O–H groups in total. The van der Waals surface area contributed by atoms with E-state index in [9.17, 15) is 4.79 Å². The molecule has 0 aliphatic carbocycles. The molecule has 0 unspecified atom stereocenters. The van der Waals surface area contributed by atoms with Crippen molar-refractivity contribution in [3.63, 3.8) is 0 Å². The number of imidazole rings is 2. The van der Waals surface area contributed by atoms with Gasteiger partial charge in [0, 0.05) is 37.1 Å². The molecule has 0 radical (unpaired) electrons. The third kappa shape index (κ3) is 2.42. The molecular formula is C12H13N5OS. The molecule has 0 amide bonds. The summed E-state index contributed by atoms with van der Waals surface area (Å²) in [7, 11) is 0. The maximum atomic E-state index is 12.1. The van der Waals surface area contributed by atoms with Crippen LogP contribution in [0.1, 0.15) is 16.2 Å². The fraction of sp³-hybridized carbons (Fsp3) is 0.250. The van der Waals surface area contributed by atoms with Gasteiger partial charge in [-0.3, -0.25) is 9.20 Å². The van der Waals surface area contributed by atoms with Gasteiger partial charge in [-0.25, -0.2) is 9.97 Å². The van der Waals surface area contributed by atoms with Gasteiger partial charge >= 0.3 is 0 Å². The molecule has 7 heteroatoms. The summed E-state index contributed by atoms with van der Waals surface area (Å²) in [6, 6.07) is 0. The van der Waals surface area contributed by atoms with Crippen LogP contribution in [0.4, 0.5) is 0 Å². The van der Waals surface area contributed by atoms with E-state index in [1.54, 1.807) is 23.9 Å². The van der Waals surface area contributed by atoms with E-state index in [1.807, 2.05) is 26.7 Å². The lowest BCUT2D eigenvalue weighted by Gasteiger charge is -1.96. The van der Waals surface area contributed by atoms with Gasteiger partial charge in [0.1, 0.15) is 5.69 Å². The smallest absolute Gasteiger partial charge is 0.193 e. The zero-order chi connectivity index (χ0) is 13.2. The molecule has 0 saturated carbocycles. The number of carbonyl (C=O) groups is 1. The summed E-state index contributed by atoms with van der Waals surface area (Å²) in [4.78, 5) is 21.5. The first-order valence-corrected chi connectivity index (χ1v) is 6.80. The van der Waals surface area contributed by atoms with Crippen molar-refractivity contribution in [2.24, 2.45) is 5.73 Å². The van der Waals surface area contributed by atoms with Gasteiger partial charge in [-0.1, -0.05) is 0 Å². The molecular weight excluding hydrogens is 262 g/mol. The Bertz CT molecular complexity index is 682. The molecule has 3 aromatic heterocycles. The topological polar surface area (TPSA) is 78.2 Å². The number of nitrogens with zero attached hydrogens (tertiary/aromatic N) is 4. The fourth-order valence-corrected chi connectivity index (χ4v) is 2.61. The van der Waals surface area contributed by atoms with Crippen molar-refractivity contribution in [1.29, 1.82) is 0 Å². The largest absolute Gasteiger partial charge is 0.335 e. The molecule has 3 heterocycles. The summed E-state index contributed by atoms with van der Waals surface area (Å²) in [6.45, 7) is 1.20. The normalized spacial score (nSPS) is 11.2. The van der Waals surface area contributed by atoms with Crippen molar-refractivity contribution in [3.05, 3.63) is 41.7 Å². The highest BCUT2D eigenvalue weighted by atomic mass is 32.1. The third-order valence-corrected chi connectivity index (χ3v) is 3.56. The minimum absolute atomic E-state index is 0.0264. The summed E-state index contributed by atoms with van der Waals surface area (Å²) in [6.07, 6.45) is 7.44. The minimum Gasteiger partial charge on any atom is -0.335 e. The van der Waals surface area contributed by atoms with E-state index in [0.29, 0.717) is 18.8 Å². The Morgan fingerprint density at radius 3 is 3.11 bits per heavy atom. The first-order chi connectivity index (χ1) is 9.26. The summed E-state index contributed by atoms with van der Waals surface area (Å²) in [5.41, 5.74) is 6.69. The van der Waals surface area contributed by atoms with Crippen molar-refractivity contribution in [3.8, 4) is 0 Å². The summed E-state index contributed by atoms with van der Waals surface area (Å²) < 4.78 is 3.74. The van der Waals surface area contributed by atoms with E-state index in [1.165, 1.54) is 0 Å². The van der Waals surface area contributed by atoms with E-state index in [0.717, 1.165) is 10.7 Å². The number of fused-ring (bicyclic) bond motifs is 1. The minimum atomic E-state index is -0.0264. The van der Waals surface area contributed by atoms with Crippen LogP contribution in [0.2, 0.25) is 0 Å². The lowest BCUT2D eigenvalue weighted by Crippen LogP contribution is -2.08. The second-order valence-corrected chi connectivity index (χ2v) is 5.08. The van der Waals surface area contributed by atoms with E-state index in [-0.39, 0.29) is 12.2 Å². The second kappa shape index (κ2) is 4.94. The van der Waals surface area contributed by atoms with Crippen LogP contribution in [-0.4, -0.2) is 31.3 Å². The van der Waals surface area contributed by atoms with Gasteiger partial charge in [0.05, 0.1) is 18.4 Å². The van der Waals surface area contributed by atoms with Crippen LogP contribution in [0.5, 0.6) is 0 Å². The first kappa shape index (κ1) is 12.1. The predicted octanol–water partition coefficient (Wildman–Crippen LogP) is 0.976. The highest BCUT2D eigenvalue weighted by Gasteiger charge is 2.13. The van der Waals surface area contributed by atoms with Crippen LogP contribution in [0.15, 0.2) is 30.3 Å². The van der Waals surface area contributed by atoms with E-state index >= 15 is 0 Å². The fourth-order valence-electron chi connectivity index (χ4n) is 1.89. The molecule has 0 aliphatic rings. The van der Waals surface area contributed by atoms with Gasteiger partial charge in [-0.05, 0) is 0 Å².